The Morgan fingerprint density at radius 1 is 0.317 bits per heavy atom. The Morgan fingerprint density at radius 3 is 1.37 bits per heavy atom. The van der Waals surface area contributed by atoms with Gasteiger partial charge in [0.25, 0.3) is 0 Å². The fourth-order valence-electron chi connectivity index (χ4n) is 10.1. The van der Waals surface area contributed by atoms with Crippen LogP contribution in [0.5, 0.6) is 0 Å². The standard InChI is InChI=1S/C58H38N2/c1-37-25-27-40(28-26-37)55-36-56(41-31-29-39(30-32-41)44-21-12-14-38-13-2-3-15-43(38)44)60-57(59-55)42-33-34-50-46-17-5-4-16-45(46)47-18-6-9-22-51(47)58(54(50)35-42)52-23-10-7-19-48(52)49-20-8-11-24-53(49)58/h2-36H,1H3. The predicted molar refractivity (Wildman–Crippen MR) is 248 cm³/mol. The Hall–Kier alpha value is -7.68. The van der Waals surface area contributed by atoms with Crippen LogP contribution < -0.4 is 0 Å². The average Bonchev–Trinajstić information content (AvgIpc) is 3.56. The van der Waals surface area contributed by atoms with E-state index in [9.17, 15) is 0 Å². The van der Waals surface area contributed by atoms with Crippen molar-refractivity contribution >= 4 is 10.8 Å². The van der Waals surface area contributed by atoms with E-state index in [1.807, 2.05) is 0 Å². The first-order valence-corrected chi connectivity index (χ1v) is 20.7. The summed E-state index contributed by atoms with van der Waals surface area (Å²) in [5.74, 6) is 0.699. The molecule has 9 aromatic carbocycles. The fraction of sp³-hybridized carbons (Fsp3) is 0.0345. The zero-order valence-corrected chi connectivity index (χ0v) is 33.1. The van der Waals surface area contributed by atoms with E-state index in [-0.39, 0.29) is 0 Å². The molecule has 0 amide bonds. The zero-order valence-electron chi connectivity index (χ0n) is 33.1. The van der Waals surface area contributed by atoms with Crippen molar-refractivity contribution in [2.24, 2.45) is 0 Å². The van der Waals surface area contributed by atoms with Crippen LogP contribution in [0.2, 0.25) is 0 Å². The number of benzene rings is 9. The first-order chi connectivity index (χ1) is 29.6. The summed E-state index contributed by atoms with van der Waals surface area (Å²) in [7, 11) is 0. The van der Waals surface area contributed by atoms with Gasteiger partial charge in [-0.15, -0.1) is 0 Å². The van der Waals surface area contributed by atoms with Gasteiger partial charge in [-0.2, -0.15) is 0 Å². The van der Waals surface area contributed by atoms with E-state index in [1.165, 1.54) is 83.1 Å². The summed E-state index contributed by atoms with van der Waals surface area (Å²) in [6.45, 7) is 2.12. The van der Waals surface area contributed by atoms with Gasteiger partial charge in [-0.25, -0.2) is 9.97 Å². The molecule has 0 unspecified atom stereocenters. The molecule has 12 rings (SSSR count). The van der Waals surface area contributed by atoms with Crippen molar-refractivity contribution in [2.75, 3.05) is 0 Å². The molecule has 10 aromatic rings. The van der Waals surface area contributed by atoms with E-state index in [1.54, 1.807) is 0 Å². The minimum Gasteiger partial charge on any atom is -0.228 e. The van der Waals surface area contributed by atoms with Crippen molar-refractivity contribution in [1.29, 1.82) is 0 Å². The van der Waals surface area contributed by atoms with Gasteiger partial charge in [0.2, 0.25) is 0 Å². The Morgan fingerprint density at radius 2 is 0.750 bits per heavy atom. The molecule has 0 bridgehead atoms. The lowest BCUT2D eigenvalue weighted by atomic mass is 9.65. The number of fused-ring (bicyclic) bond motifs is 13. The first kappa shape index (κ1) is 34.4. The molecule has 60 heavy (non-hydrogen) atoms. The Labute approximate surface area is 350 Å². The highest BCUT2D eigenvalue weighted by Crippen LogP contribution is 2.61. The second-order valence-corrected chi connectivity index (χ2v) is 16.1. The summed E-state index contributed by atoms with van der Waals surface area (Å²) in [6, 6.07) is 77.6. The number of aryl methyl sites for hydroxylation is 1. The minimum atomic E-state index is -0.580. The molecule has 0 saturated heterocycles. The maximum absolute atomic E-state index is 5.42. The maximum atomic E-state index is 5.42. The fourth-order valence-corrected chi connectivity index (χ4v) is 10.1. The van der Waals surface area contributed by atoms with E-state index in [2.05, 4.69) is 219 Å². The van der Waals surface area contributed by atoms with Crippen LogP contribution in [0.3, 0.4) is 0 Å². The molecule has 2 heteroatoms. The lowest BCUT2D eigenvalue weighted by molar-refractivity contribution is 0.775. The third-order valence-electron chi connectivity index (χ3n) is 12.8. The monoisotopic (exact) mass is 762 g/mol. The summed E-state index contributed by atoms with van der Waals surface area (Å²) >= 11 is 0. The van der Waals surface area contributed by atoms with Gasteiger partial charge in [0, 0.05) is 16.7 Å². The van der Waals surface area contributed by atoms with Crippen LogP contribution in [0, 0.1) is 6.92 Å². The number of hydrogen-bond acceptors (Lipinski definition) is 2. The summed E-state index contributed by atoms with van der Waals surface area (Å²) in [4.78, 5) is 10.8. The van der Waals surface area contributed by atoms with Gasteiger partial charge < -0.3 is 0 Å². The molecular formula is C58H38N2. The van der Waals surface area contributed by atoms with E-state index in [4.69, 9.17) is 9.97 Å². The van der Waals surface area contributed by atoms with E-state index >= 15 is 0 Å². The van der Waals surface area contributed by atoms with Crippen LogP contribution >= 0.6 is 0 Å². The molecule has 0 fully saturated rings. The maximum Gasteiger partial charge on any atom is 0.160 e. The van der Waals surface area contributed by atoms with Gasteiger partial charge in [-0.3, -0.25) is 0 Å². The molecule has 2 aliphatic carbocycles. The summed E-state index contributed by atoms with van der Waals surface area (Å²) < 4.78 is 0. The van der Waals surface area contributed by atoms with Crippen LogP contribution in [0.4, 0.5) is 0 Å². The van der Waals surface area contributed by atoms with Crippen LogP contribution in [-0.4, -0.2) is 9.97 Å². The molecule has 2 aliphatic rings. The second kappa shape index (κ2) is 13.4. The van der Waals surface area contributed by atoms with Crippen LogP contribution in [0.1, 0.15) is 27.8 Å². The van der Waals surface area contributed by atoms with Gasteiger partial charge in [-0.1, -0.05) is 206 Å². The molecule has 0 atom stereocenters. The van der Waals surface area contributed by atoms with Crippen molar-refractivity contribution in [3.8, 4) is 78.4 Å². The summed E-state index contributed by atoms with van der Waals surface area (Å²) in [6.07, 6.45) is 0. The molecule has 1 heterocycles. The molecule has 0 saturated carbocycles. The summed E-state index contributed by atoms with van der Waals surface area (Å²) in [5.41, 5.74) is 20.5. The topological polar surface area (TPSA) is 25.8 Å². The Balaban J connectivity index is 1.10. The van der Waals surface area contributed by atoms with Gasteiger partial charge >= 0.3 is 0 Å². The zero-order chi connectivity index (χ0) is 39.8. The van der Waals surface area contributed by atoms with Crippen molar-refractivity contribution in [1.82, 2.24) is 9.97 Å². The molecule has 1 aromatic heterocycles. The van der Waals surface area contributed by atoms with Crippen LogP contribution in [0.15, 0.2) is 212 Å². The van der Waals surface area contributed by atoms with Crippen molar-refractivity contribution in [3.63, 3.8) is 0 Å². The number of rotatable bonds is 4. The van der Waals surface area contributed by atoms with Crippen molar-refractivity contribution < 1.29 is 0 Å². The van der Waals surface area contributed by atoms with Crippen LogP contribution in [-0.2, 0) is 5.41 Å². The first-order valence-electron chi connectivity index (χ1n) is 20.7. The highest BCUT2D eigenvalue weighted by Gasteiger charge is 2.49. The third kappa shape index (κ3) is 5.14. The van der Waals surface area contributed by atoms with Crippen molar-refractivity contribution in [2.45, 2.75) is 12.3 Å². The second-order valence-electron chi connectivity index (χ2n) is 16.1. The molecule has 0 radical (unpaired) electrons. The molecule has 2 nitrogen and oxygen atoms in total. The lowest BCUT2D eigenvalue weighted by Gasteiger charge is -2.35. The lowest BCUT2D eigenvalue weighted by Crippen LogP contribution is -2.29. The Bertz CT molecular complexity index is 3270. The van der Waals surface area contributed by atoms with Gasteiger partial charge in [0.05, 0.1) is 16.8 Å². The normalized spacial score (nSPS) is 12.9. The SMILES string of the molecule is Cc1ccc(-c2cc(-c3ccc(-c4cccc5ccccc45)cc3)nc(-c3ccc4c(c3)C3(c5ccccc5-c5ccccc5-4)c4ccccc4-c4ccccc43)n2)cc1. The Kier molecular flexibility index (Phi) is 7.70. The van der Waals surface area contributed by atoms with Crippen molar-refractivity contribution in [3.05, 3.63) is 240 Å². The summed E-state index contributed by atoms with van der Waals surface area (Å²) in [5, 5.41) is 2.49. The smallest absolute Gasteiger partial charge is 0.160 e. The number of hydrogen-bond donors (Lipinski definition) is 0. The highest BCUT2D eigenvalue weighted by atomic mass is 14.9. The number of aromatic nitrogens is 2. The largest absolute Gasteiger partial charge is 0.228 e. The predicted octanol–water partition coefficient (Wildman–Crippen LogP) is 14.6. The van der Waals surface area contributed by atoms with E-state index in [0.29, 0.717) is 5.82 Å². The molecule has 0 aliphatic heterocycles. The molecule has 0 N–H and O–H groups in total. The van der Waals surface area contributed by atoms with Gasteiger partial charge in [0.1, 0.15) is 0 Å². The quantitative estimate of drug-likeness (QED) is 0.178. The third-order valence-corrected chi connectivity index (χ3v) is 12.8. The van der Waals surface area contributed by atoms with Gasteiger partial charge in [-0.05, 0) is 96.6 Å². The molecule has 280 valence electrons. The number of nitrogens with zero attached hydrogens (tertiary/aromatic N) is 2. The van der Waals surface area contributed by atoms with Gasteiger partial charge in [0.15, 0.2) is 5.82 Å². The van der Waals surface area contributed by atoms with E-state index < -0.39 is 5.41 Å². The highest BCUT2D eigenvalue weighted by molar-refractivity contribution is 5.99. The average molecular weight is 763 g/mol. The molecule has 1 spiro atoms. The van der Waals surface area contributed by atoms with Crippen LogP contribution in [0.25, 0.3) is 89.2 Å². The minimum absolute atomic E-state index is 0.580. The molecular weight excluding hydrogens is 725 g/mol. The van der Waals surface area contributed by atoms with E-state index in [0.717, 1.165) is 28.1 Å².